The van der Waals surface area contributed by atoms with Gasteiger partial charge in [0.1, 0.15) is 0 Å². The van der Waals surface area contributed by atoms with Crippen LogP contribution in [0.3, 0.4) is 0 Å². The minimum absolute atomic E-state index is 0. The summed E-state index contributed by atoms with van der Waals surface area (Å²) in [6.45, 7) is 4.40. The molecule has 0 aromatic rings. The van der Waals surface area contributed by atoms with Crippen molar-refractivity contribution >= 4 is 16.1 Å². The zero-order valence-electron chi connectivity index (χ0n) is 7.94. The van der Waals surface area contributed by atoms with Gasteiger partial charge in [0.15, 0.2) is 0 Å². The smallest absolute Gasteiger partial charge is 1.00 e. The molecule has 0 amide bonds. The van der Waals surface area contributed by atoms with Crippen LogP contribution in [0.5, 0.6) is 0 Å². The molecule has 0 bridgehead atoms. The van der Waals surface area contributed by atoms with Crippen LogP contribution in [-0.2, 0) is 24.1 Å². The van der Waals surface area contributed by atoms with E-state index in [4.69, 9.17) is 0 Å². The van der Waals surface area contributed by atoms with Crippen molar-refractivity contribution < 1.29 is 53.4 Å². The average molecular weight is 204 g/mol. The van der Waals surface area contributed by atoms with Crippen LogP contribution >= 0.6 is 0 Å². The fraction of sp³-hybridized carbons (Fsp3) is 0.400. The Bertz CT molecular complexity index is 250. The Hall–Kier alpha value is 0.120. The largest absolute Gasteiger partial charge is 1.00 e. The third kappa shape index (κ3) is 6.81. The molecule has 0 saturated carbocycles. The first kappa shape index (κ1) is 14.6. The summed E-state index contributed by atoms with van der Waals surface area (Å²) in [5.41, 5.74) is 0. The molecule has 7 heteroatoms. The number of carbonyl (C=O) groups is 1. The van der Waals surface area contributed by atoms with Gasteiger partial charge in [-0.3, -0.25) is 4.89 Å². The third-order valence-electron chi connectivity index (χ3n) is 0.740. The molecule has 12 heavy (non-hydrogen) atoms. The van der Waals surface area contributed by atoms with Crippen LogP contribution in [0.15, 0.2) is 12.7 Å². The van der Waals surface area contributed by atoms with Crippen molar-refractivity contribution in [1.29, 1.82) is 0 Å². The molecule has 0 heterocycles. The van der Waals surface area contributed by atoms with Crippen molar-refractivity contribution in [3.05, 3.63) is 12.7 Å². The molecule has 66 valence electrons. The first-order chi connectivity index (χ1) is 5.02. The fourth-order valence-corrected chi connectivity index (χ4v) is 0.434. The zero-order valence-corrected chi connectivity index (χ0v) is 9.76. The molecule has 0 aliphatic heterocycles. The maximum Gasteiger partial charge on any atom is 1.00 e. The summed E-state index contributed by atoms with van der Waals surface area (Å²) in [6.07, 6.45) is 0.797. The van der Waals surface area contributed by atoms with Crippen molar-refractivity contribution in [3.8, 4) is 0 Å². The first-order valence-electron chi connectivity index (χ1n) is 2.77. The van der Waals surface area contributed by atoms with Gasteiger partial charge in [-0.05, 0) is 6.92 Å². The molecule has 0 N–H and O–H groups in total. The predicted molar refractivity (Wildman–Crippen MR) is 37.9 cm³/mol. The number of rotatable bonds is 4. The van der Waals surface area contributed by atoms with E-state index < -0.39 is 16.1 Å². The second-order valence-electron chi connectivity index (χ2n) is 1.52. The summed E-state index contributed by atoms with van der Waals surface area (Å²) in [6, 6.07) is 0. The molecular weight excluding hydrogens is 195 g/mol. The van der Waals surface area contributed by atoms with Gasteiger partial charge in [0.25, 0.3) is 0 Å². The maximum atomic E-state index is 10.5. The molecular formula is C5H9NaO5S. The molecule has 0 aliphatic rings. The number of hydrogen-bond acceptors (Lipinski definition) is 5. The van der Waals surface area contributed by atoms with E-state index in [0.717, 1.165) is 6.08 Å². The van der Waals surface area contributed by atoms with E-state index in [9.17, 15) is 13.2 Å². The van der Waals surface area contributed by atoms with Gasteiger partial charge in [-0.15, -0.1) is 0 Å². The van der Waals surface area contributed by atoms with Gasteiger partial charge in [-0.2, -0.15) is 8.42 Å². The molecule has 5 nitrogen and oxygen atoms in total. The second kappa shape index (κ2) is 6.62. The van der Waals surface area contributed by atoms with Gasteiger partial charge in [-0.25, -0.2) is 4.79 Å². The zero-order chi connectivity index (χ0) is 8.91. The molecule has 0 aromatic carbocycles. The van der Waals surface area contributed by atoms with Crippen LogP contribution in [0.2, 0.25) is 0 Å². The van der Waals surface area contributed by atoms with Gasteiger partial charge < -0.3 is 1.43 Å². The van der Waals surface area contributed by atoms with E-state index >= 15 is 0 Å². The number of carbonyl (C=O) groups excluding carboxylic acids is 1. The Kier molecular flexibility index (Phi) is 8.07. The molecule has 0 spiro atoms. The molecule has 0 fully saturated rings. The van der Waals surface area contributed by atoms with E-state index in [1.54, 1.807) is 0 Å². The molecule has 0 aliphatic carbocycles. The van der Waals surface area contributed by atoms with Crippen LogP contribution in [-0.4, -0.2) is 20.1 Å². The Balaban J connectivity index is -0.000000500. The fourth-order valence-electron chi connectivity index (χ4n) is 0.167. The molecule has 0 aromatic heterocycles. The van der Waals surface area contributed by atoms with Crippen molar-refractivity contribution in [1.82, 2.24) is 0 Å². The Labute approximate surface area is 94.6 Å². The van der Waals surface area contributed by atoms with Crippen LogP contribution in [0, 0.1) is 0 Å². The molecule has 0 rings (SSSR count). The van der Waals surface area contributed by atoms with Crippen LogP contribution in [0.4, 0.5) is 0 Å². The van der Waals surface area contributed by atoms with E-state index in [0.29, 0.717) is 0 Å². The normalized spacial score (nSPS) is 9.75. The molecule has 0 unspecified atom stereocenters. The van der Waals surface area contributed by atoms with Crippen molar-refractivity contribution in [2.24, 2.45) is 0 Å². The Morgan fingerprint density at radius 1 is 1.67 bits per heavy atom. The van der Waals surface area contributed by atoms with Crippen LogP contribution in [0.25, 0.3) is 0 Å². The summed E-state index contributed by atoms with van der Waals surface area (Å²) < 4.78 is 24.8. The number of hydrogen-bond donors (Lipinski definition) is 0. The average Bonchev–Trinajstić information content (AvgIpc) is 2.00. The van der Waals surface area contributed by atoms with E-state index in [1.165, 1.54) is 6.92 Å². The monoisotopic (exact) mass is 204 g/mol. The standard InChI is InChI=1S/C5H8O5S.Na.H/c1-3-5(6)9-10-11(7,8)4-2;;/h3H,1,4H2,2H3;;/q;+1;-1. The van der Waals surface area contributed by atoms with Gasteiger partial charge in [0.2, 0.25) is 0 Å². The molecule has 0 atom stereocenters. The predicted octanol–water partition coefficient (Wildman–Crippen LogP) is -2.89. The summed E-state index contributed by atoms with van der Waals surface area (Å²) in [5.74, 6) is -1.20. The van der Waals surface area contributed by atoms with Crippen molar-refractivity contribution in [2.45, 2.75) is 6.92 Å². The molecule has 0 saturated heterocycles. The van der Waals surface area contributed by atoms with Crippen molar-refractivity contribution in [2.75, 3.05) is 5.75 Å². The quantitative estimate of drug-likeness (QED) is 0.213. The first-order valence-corrected chi connectivity index (χ1v) is 4.34. The Morgan fingerprint density at radius 2 is 2.17 bits per heavy atom. The van der Waals surface area contributed by atoms with Gasteiger partial charge in [0.05, 0.1) is 5.75 Å². The maximum absolute atomic E-state index is 10.5. The van der Waals surface area contributed by atoms with Crippen molar-refractivity contribution in [3.63, 3.8) is 0 Å². The van der Waals surface area contributed by atoms with Crippen LogP contribution in [0.1, 0.15) is 8.35 Å². The topological polar surface area (TPSA) is 69.7 Å². The summed E-state index contributed by atoms with van der Waals surface area (Å²) >= 11 is 0. The van der Waals surface area contributed by atoms with E-state index in [2.05, 4.69) is 15.8 Å². The second-order valence-corrected chi connectivity index (χ2v) is 3.35. The minimum Gasteiger partial charge on any atom is -1.00 e. The van der Waals surface area contributed by atoms with Crippen LogP contribution < -0.4 is 29.6 Å². The molecule has 0 radical (unpaired) electrons. The summed E-state index contributed by atoms with van der Waals surface area (Å²) in [4.78, 5) is 14.0. The van der Waals surface area contributed by atoms with Gasteiger partial charge in [0, 0.05) is 6.08 Å². The van der Waals surface area contributed by atoms with E-state index in [-0.39, 0.29) is 36.7 Å². The van der Waals surface area contributed by atoms with Gasteiger partial charge in [-0.1, -0.05) is 10.9 Å². The van der Waals surface area contributed by atoms with Gasteiger partial charge >= 0.3 is 45.6 Å². The Morgan fingerprint density at radius 3 is 2.50 bits per heavy atom. The van der Waals surface area contributed by atoms with E-state index in [1.807, 2.05) is 0 Å². The minimum atomic E-state index is -3.72. The third-order valence-corrected chi connectivity index (χ3v) is 1.72. The SMILES string of the molecule is C=CC(=O)OOS(=O)(=O)CC.[H-].[Na+]. The summed E-state index contributed by atoms with van der Waals surface area (Å²) in [5, 5.41) is 0. The summed E-state index contributed by atoms with van der Waals surface area (Å²) in [7, 11) is -3.72.